The third-order valence-corrected chi connectivity index (χ3v) is 2.54. The molecule has 1 aromatic rings. The second-order valence-electron chi connectivity index (χ2n) is 3.74. The lowest BCUT2D eigenvalue weighted by Gasteiger charge is -2.05. The highest BCUT2D eigenvalue weighted by Crippen LogP contribution is 2.11. The summed E-state index contributed by atoms with van der Waals surface area (Å²) in [6.07, 6.45) is 2.27. The molecule has 0 unspecified atom stereocenters. The first kappa shape index (κ1) is 13.5. The molecule has 0 bridgehead atoms. The summed E-state index contributed by atoms with van der Waals surface area (Å²) in [5, 5.41) is 4.06. The molecule has 0 aromatic heterocycles. The molecule has 0 atom stereocenters. The molecule has 0 saturated carbocycles. The van der Waals surface area contributed by atoms with Crippen LogP contribution in [-0.4, -0.2) is 19.7 Å². The van der Waals surface area contributed by atoms with E-state index in [1.165, 1.54) is 6.42 Å². The summed E-state index contributed by atoms with van der Waals surface area (Å²) >= 11 is 5.88. The Hall–Kier alpha value is -0.570. The van der Waals surface area contributed by atoms with E-state index in [9.17, 15) is 0 Å². The zero-order valence-corrected chi connectivity index (χ0v) is 10.6. The van der Waals surface area contributed by atoms with Gasteiger partial charge in [0.25, 0.3) is 0 Å². The van der Waals surface area contributed by atoms with Gasteiger partial charge < -0.3 is 10.1 Å². The quantitative estimate of drug-likeness (QED) is 0.706. The average molecular weight is 242 g/mol. The summed E-state index contributed by atoms with van der Waals surface area (Å²) in [6.45, 7) is 5.72. The van der Waals surface area contributed by atoms with Gasteiger partial charge >= 0.3 is 0 Å². The molecule has 90 valence electrons. The fourth-order valence-corrected chi connectivity index (χ4v) is 1.66. The number of ether oxygens (including phenoxy) is 1. The molecule has 0 aliphatic heterocycles. The molecule has 16 heavy (non-hydrogen) atoms. The Balaban J connectivity index is 2.03. The molecule has 0 aliphatic rings. The van der Waals surface area contributed by atoms with E-state index in [0.29, 0.717) is 6.61 Å². The molecule has 0 heterocycles. The van der Waals surface area contributed by atoms with Crippen molar-refractivity contribution in [3.8, 4) is 0 Å². The molecule has 0 saturated heterocycles. The van der Waals surface area contributed by atoms with Crippen LogP contribution in [0.25, 0.3) is 0 Å². The van der Waals surface area contributed by atoms with Gasteiger partial charge in [0.2, 0.25) is 0 Å². The lowest BCUT2D eigenvalue weighted by Crippen LogP contribution is -2.14. The predicted molar refractivity (Wildman–Crippen MR) is 68.9 cm³/mol. The number of hydrogen-bond acceptors (Lipinski definition) is 2. The van der Waals surface area contributed by atoms with Crippen LogP contribution in [0.15, 0.2) is 24.3 Å². The highest BCUT2D eigenvalue weighted by atomic mass is 35.5. The van der Waals surface area contributed by atoms with Gasteiger partial charge in [0.1, 0.15) is 0 Å². The van der Waals surface area contributed by atoms with E-state index in [-0.39, 0.29) is 0 Å². The van der Waals surface area contributed by atoms with Crippen LogP contribution >= 0.6 is 11.6 Å². The molecular formula is C13H20ClNO. The van der Waals surface area contributed by atoms with Gasteiger partial charge in [0.05, 0.1) is 6.61 Å². The number of unbranched alkanes of at least 4 members (excludes halogenated alkanes) is 1. The summed E-state index contributed by atoms with van der Waals surface area (Å²) in [4.78, 5) is 0. The topological polar surface area (TPSA) is 21.3 Å². The van der Waals surface area contributed by atoms with E-state index in [4.69, 9.17) is 16.3 Å². The highest BCUT2D eigenvalue weighted by molar-refractivity contribution is 6.30. The minimum absolute atomic E-state index is 0.655. The highest BCUT2D eigenvalue weighted by Gasteiger charge is 1.94. The first-order chi connectivity index (χ1) is 7.83. The maximum Gasteiger partial charge on any atom is 0.0717 e. The molecule has 3 heteroatoms. The Morgan fingerprint density at radius 3 is 2.94 bits per heavy atom. The monoisotopic (exact) mass is 241 g/mol. The molecule has 2 nitrogen and oxygen atoms in total. The van der Waals surface area contributed by atoms with E-state index in [1.807, 2.05) is 24.3 Å². The second kappa shape index (κ2) is 8.57. The Bertz CT molecular complexity index is 291. The number of halogens is 1. The van der Waals surface area contributed by atoms with Crippen molar-refractivity contribution in [3.63, 3.8) is 0 Å². The Morgan fingerprint density at radius 2 is 2.19 bits per heavy atom. The molecule has 0 radical (unpaired) electrons. The lowest BCUT2D eigenvalue weighted by molar-refractivity contribution is 0.117. The van der Waals surface area contributed by atoms with Crippen molar-refractivity contribution in [1.82, 2.24) is 5.32 Å². The minimum atomic E-state index is 0.655. The van der Waals surface area contributed by atoms with Crippen molar-refractivity contribution in [3.05, 3.63) is 34.9 Å². The van der Waals surface area contributed by atoms with Crippen LogP contribution in [-0.2, 0) is 11.3 Å². The van der Waals surface area contributed by atoms with Crippen molar-refractivity contribution < 1.29 is 4.74 Å². The summed E-state index contributed by atoms with van der Waals surface area (Å²) in [6, 6.07) is 7.80. The molecule has 0 fully saturated rings. The molecular weight excluding hydrogens is 222 g/mol. The number of hydrogen-bond donors (Lipinski definition) is 1. The van der Waals surface area contributed by atoms with Crippen molar-refractivity contribution in [2.24, 2.45) is 0 Å². The lowest BCUT2D eigenvalue weighted by atomic mass is 10.2. The third-order valence-electron chi connectivity index (χ3n) is 2.30. The van der Waals surface area contributed by atoms with Gasteiger partial charge in [-0.2, -0.15) is 0 Å². The number of nitrogens with one attached hydrogen (secondary N) is 1. The molecule has 0 aliphatic carbocycles. The summed E-state index contributed by atoms with van der Waals surface area (Å²) < 4.78 is 5.57. The summed E-state index contributed by atoms with van der Waals surface area (Å²) in [5.74, 6) is 0. The van der Waals surface area contributed by atoms with Crippen LogP contribution < -0.4 is 5.32 Å². The van der Waals surface area contributed by atoms with E-state index >= 15 is 0 Å². The molecule has 1 aromatic carbocycles. The molecule has 1 N–H and O–H groups in total. The van der Waals surface area contributed by atoms with Crippen LogP contribution in [0.1, 0.15) is 25.3 Å². The molecule has 0 spiro atoms. The Morgan fingerprint density at radius 1 is 1.31 bits per heavy atom. The zero-order valence-electron chi connectivity index (χ0n) is 9.84. The number of benzene rings is 1. The zero-order chi connectivity index (χ0) is 11.6. The summed E-state index contributed by atoms with van der Waals surface area (Å²) in [7, 11) is 0. The van der Waals surface area contributed by atoms with E-state index in [1.54, 1.807) is 0 Å². The van der Waals surface area contributed by atoms with E-state index in [0.717, 1.165) is 36.7 Å². The van der Waals surface area contributed by atoms with Crippen LogP contribution in [0.5, 0.6) is 0 Å². The maximum absolute atomic E-state index is 5.88. The third kappa shape index (κ3) is 6.11. The standard InChI is InChI=1S/C13H20ClNO/c1-2-15-8-3-4-9-16-11-12-6-5-7-13(14)10-12/h5-7,10,15H,2-4,8-9,11H2,1H3. The SMILES string of the molecule is CCNCCCCOCc1cccc(Cl)c1. The van der Waals surface area contributed by atoms with Gasteiger partial charge in [-0.1, -0.05) is 30.7 Å². The van der Waals surface area contributed by atoms with Gasteiger partial charge in [-0.05, 0) is 43.6 Å². The van der Waals surface area contributed by atoms with Crippen molar-refractivity contribution in [1.29, 1.82) is 0 Å². The normalized spacial score (nSPS) is 10.6. The first-order valence-corrected chi connectivity index (χ1v) is 6.23. The maximum atomic E-state index is 5.88. The first-order valence-electron chi connectivity index (χ1n) is 5.86. The van der Waals surface area contributed by atoms with Crippen LogP contribution in [0.4, 0.5) is 0 Å². The van der Waals surface area contributed by atoms with Gasteiger partial charge in [-0.15, -0.1) is 0 Å². The van der Waals surface area contributed by atoms with Crippen molar-refractivity contribution >= 4 is 11.6 Å². The van der Waals surface area contributed by atoms with Gasteiger partial charge in [0, 0.05) is 11.6 Å². The average Bonchev–Trinajstić information content (AvgIpc) is 2.28. The van der Waals surface area contributed by atoms with E-state index < -0.39 is 0 Å². The molecule has 1 rings (SSSR count). The van der Waals surface area contributed by atoms with Crippen LogP contribution in [0.3, 0.4) is 0 Å². The summed E-state index contributed by atoms with van der Waals surface area (Å²) in [5.41, 5.74) is 1.14. The van der Waals surface area contributed by atoms with Gasteiger partial charge in [-0.25, -0.2) is 0 Å². The Kier molecular flexibility index (Phi) is 7.23. The number of rotatable bonds is 8. The second-order valence-corrected chi connectivity index (χ2v) is 4.18. The van der Waals surface area contributed by atoms with Gasteiger partial charge in [0.15, 0.2) is 0 Å². The minimum Gasteiger partial charge on any atom is -0.377 e. The van der Waals surface area contributed by atoms with Crippen LogP contribution in [0.2, 0.25) is 5.02 Å². The fraction of sp³-hybridized carbons (Fsp3) is 0.538. The smallest absolute Gasteiger partial charge is 0.0717 e. The van der Waals surface area contributed by atoms with Crippen molar-refractivity contribution in [2.45, 2.75) is 26.4 Å². The van der Waals surface area contributed by atoms with Gasteiger partial charge in [-0.3, -0.25) is 0 Å². The predicted octanol–water partition coefficient (Wildman–Crippen LogP) is 3.25. The van der Waals surface area contributed by atoms with Crippen molar-refractivity contribution in [2.75, 3.05) is 19.7 Å². The fourth-order valence-electron chi connectivity index (χ4n) is 1.45. The molecule has 0 amide bonds. The van der Waals surface area contributed by atoms with Crippen LogP contribution in [0, 0.1) is 0 Å². The Labute approximate surface area is 103 Å². The largest absolute Gasteiger partial charge is 0.377 e. The van der Waals surface area contributed by atoms with E-state index in [2.05, 4.69) is 12.2 Å².